The number of rotatable bonds is 11. The normalized spacial score (nSPS) is 27.7. The van der Waals surface area contributed by atoms with Crippen LogP contribution in [0.5, 0.6) is 0 Å². The number of hydrogen-bond acceptors (Lipinski definition) is 5. The van der Waals surface area contributed by atoms with Gasteiger partial charge in [0.1, 0.15) is 5.78 Å². The number of ketones is 1. The summed E-state index contributed by atoms with van der Waals surface area (Å²) in [6.45, 7) is 6.23. The first-order valence-corrected chi connectivity index (χ1v) is 12.1. The second kappa shape index (κ2) is 8.62. The summed E-state index contributed by atoms with van der Waals surface area (Å²) in [7, 11) is -2.28. The SMILES string of the molecule is CCCCCCCC(CC(=O)OC)S(=O)(=O)CC12CCC(CC1=O)C2(C)C. The molecule has 0 aromatic carbocycles. The summed E-state index contributed by atoms with van der Waals surface area (Å²) in [4.78, 5) is 24.6. The number of Topliss-reactive ketones (excluding diaryl/α,β-unsaturated/α-hetero) is 1. The predicted molar refractivity (Wildman–Crippen MR) is 106 cm³/mol. The Hall–Kier alpha value is -0.910. The summed E-state index contributed by atoms with van der Waals surface area (Å²) >= 11 is 0. The molecule has 5 nitrogen and oxygen atoms in total. The lowest BCUT2D eigenvalue weighted by Crippen LogP contribution is -2.44. The fraction of sp³-hybridized carbons (Fsp3) is 0.905. The highest BCUT2D eigenvalue weighted by molar-refractivity contribution is 7.92. The Morgan fingerprint density at radius 2 is 1.89 bits per heavy atom. The Kier molecular flexibility index (Phi) is 7.15. The number of ether oxygens (including phenoxy) is 1. The smallest absolute Gasteiger partial charge is 0.306 e. The fourth-order valence-corrected chi connectivity index (χ4v) is 7.74. The van der Waals surface area contributed by atoms with Crippen molar-refractivity contribution >= 4 is 21.6 Å². The van der Waals surface area contributed by atoms with Gasteiger partial charge in [-0.05, 0) is 30.6 Å². The van der Waals surface area contributed by atoms with Gasteiger partial charge in [-0.3, -0.25) is 9.59 Å². The number of carbonyl (C=O) groups is 2. The molecular formula is C21H36O5S. The molecule has 2 aliphatic rings. The molecule has 2 saturated carbocycles. The second-order valence-corrected chi connectivity index (χ2v) is 11.4. The zero-order valence-electron chi connectivity index (χ0n) is 17.4. The van der Waals surface area contributed by atoms with Crippen LogP contribution in [0.3, 0.4) is 0 Å². The minimum Gasteiger partial charge on any atom is -0.469 e. The zero-order valence-corrected chi connectivity index (χ0v) is 18.2. The number of hydrogen-bond donors (Lipinski definition) is 0. The topological polar surface area (TPSA) is 77.5 Å². The first-order chi connectivity index (χ1) is 12.6. The highest BCUT2D eigenvalue weighted by atomic mass is 32.2. The summed E-state index contributed by atoms with van der Waals surface area (Å²) in [5, 5.41) is -0.746. The van der Waals surface area contributed by atoms with E-state index in [0.29, 0.717) is 19.3 Å². The molecule has 0 N–H and O–H groups in total. The monoisotopic (exact) mass is 400 g/mol. The Morgan fingerprint density at radius 3 is 2.41 bits per heavy atom. The Bertz CT molecular complexity index is 651. The molecule has 156 valence electrons. The van der Waals surface area contributed by atoms with Crippen LogP contribution in [0.4, 0.5) is 0 Å². The molecule has 3 atom stereocenters. The molecule has 0 aromatic rings. The van der Waals surface area contributed by atoms with Gasteiger partial charge in [-0.25, -0.2) is 8.42 Å². The second-order valence-electron chi connectivity index (χ2n) is 9.08. The standard InChI is InChI=1S/C21H36O5S/c1-5-6-7-8-9-10-17(14-19(23)26-4)27(24,25)15-21-12-11-16(13-18(21)22)20(21,2)3/h16-17H,5-15H2,1-4H3. The molecule has 0 aliphatic heterocycles. The van der Waals surface area contributed by atoms with Gasteiger partial charge in [0.15, 0.2) is 9.84 Å². The van der Waals surface area contributed by atoms with E-state index in [1.54, 1.807) is 0 Å². The van der Waals surface area contributed by atoms with Crippen LogP contribution in [0, 0.1) is 16.7 Å². The molecule has 2 rings (SSSR count). The Balaban J connectivity index is 2.15. The van der Waals surface area contributed by atoms with Crippen molar-refractivity contribution < 1.29 is 22.7 Å². The van der Waals surface area contributed by atoms with Crippen molar-refractivity contribution in [2.24, 2.45) is 16.7 Å². The minimum absolute atomic E-state index is 0.104. The molecule has 27 heavy (non-hydrogen) atoms. The maximum absolute atomic E-state index is 13.3. The van der Waals surface area contributed by atoms with Gasteiger partial charge in [-0.1, -0.05) is 52.9 Å². The molecule has 3 unspecified atom stereocenters. The number of esters is 1. The average molecular weight is 401 g/mol. The molecule has 2 fully saturated rings. The van der Waals surface area contributed by atoms with E-state index < -0.39 is 26.5 Å². The van der Waals surface area contributed by atoms with Crippen molar-refractivity contribution in [3.8, 4) is 0 Å². The molecule has 6 heteroatoms. The molecule has 0 saturated heterocycles. The first-order valence-electron chi connectivity index (χ1n) is 10.4. The van der Waals surface area contributed by atoms with Gasteiger partial charge >= 0.3 is 5.97 Å². The Morgan fingerprint density at radius 1 is 1.22 bits per heavy atom. The summed E-state index contributed by atoms with van der Waals surface area (Å²) in [6, 6.07) is 0. The molecule has 0 amide bonds. The van der Waals surface area contributed by atoms with E-state index in [1.165, 1.54) is 7.11 Å². The van der Waals surface area contributed by atoms with Crippen molar-refractivity contribution in [3.05, 3.63) is 0 Å². The van der Waals surface area contributed by atoms with Crippen LogP contribution >= 0.6 is 0 Å². The number of unbranched alkanes of at least 4 members (excludes halogenated alkanes) is 4. The van der Waals surface area contributed by atoms with Crippen molar-refractivity contribution in [3.63, 3.8) is 0 Å². The summed E-state index contributed by atoms with van der Waals surface area (Å²) in [6.07, 6.45) is 7.55. The van der Waals surface area contributed by atoms with Crippen LogP contribution in [0.15, 0.2) is 0 Å². The van der Waals surface area contributed by atoms with Crippen LogP contribution in [0.1, 0.15) is 85.0 Å². The Labute approximate surface area is 164 Å². The molecule has 0 aromatic heterocycles. The van der Waals surface area contributed by atoms with Crippen molar-refractivity contribution in [2.75, 3.05) is 12.9 Å². The van der Waals surface area contributed by atoms with E-state index >= 15 is 0 Å². The van der Waals surface area contributed by atoms with Gasteiger partial charge in [0, 0.05) is 11.8 Å². The first kappa shape index (κ1) is 22.4. The highest BCUT2D eigenvalue weighted by Gasteiger charge is 2.65. The van der Waals surface area contributed by atoms with E-state index in [9.17, 15) is 18.0 Å². The predicted octanol–water partition coefficient (Wildman–Crippen LogP) is 4.09. The highest BCUT2D eigenvalue weighted by Crippen LogP contribution is 2.64. The van der Waals surface area contributed by atoms with Gasteiger partial charge < -0.3 is 4.74 Å². The molecular weight excluding hydrogens is 364 g/mol. The minimum atomic E-state index is -3.57. The van der Waals surface area contributed by atoms with E-state index in [0.717, 1.165) is 38.5 Å². The summed E-state index contributed by atoms with van der Waals surface area (Å²) in [5.41, 5.74) is -1.05. The number of carbonyl (C=O) groups excluding carboxylic acids is 2. The van der Waals surface area contributed by atoms with Crippen LogP contribution in [0.25, 0.3) is 0 Å². The molecule has 0 radical (unpaired) electrons. The van der Waals surface area contributed by atoms with Crippen molar-refractivity contribution in [1.29, 1.82) is 0 Å². The third-order valence-electron chi connectivity index (χ3n) is 7.35. The van der Waals surface area contributed by atoms with E-state index in [4.69, 9.17) is 4.74 Å². The van der Waals surface area contributed by atoms with E-state index in [2.05, 4.69) is 6.92 Å². The molecule has 2 bridgehead atoms. The van der Waals surface area contributed by atoms with Gasteiger partial charge in [-0.15, -0.1) is 0 Å². The van der Waals surface area contributed by atoms with Crippen LogP contribution in [0.2, 0.25) is 0 Å². The van der Waals surface area contributed by atoms with E-state index in [1.807, 2.05) is 13.8 Å². The largest absolute Gasteiger partial charge is 0.469 e. The average Bonchev–Trinajstić information content (AvgIpc) is 2.94. The van der Waals surface area contributed by atoms with Gasteiger partial charge in [0.2, 0.25) is 0 Å². The fourth-order valence-electron chi connectivity index (χ4n) is 5.22. The number of methoxy groups -OCH3 is 1. The van der Waals surface area contributed by atoms with Gasteiger partial charge in [0.05, 0.1) is 24.5 Å². The maximum atomic E-state index is 13.3. The maximum Gasteiger partial charge on any atom is 0.306 e. The molecule has 2 aliphatic carbocycles. The third kappa shape index (κ3) is 4.41. The van der Waals surface area contributed by atoms with Crippen LogP contribution in [-0.2, 0) is 24.2 Å². The lowest BCUT2D eigenvalue weighted by atomic mass is 9.70. The van der Waals surface area contributed by atoms with Crippen LogP contribution < -0.4 is 0 Å². The molecule has 0 spiro atoms. The number of fused-ring (bicyclic) bond motifs is 2. The summed E-state index contributed by atoms with van der Waals surface area (Å²) in [5.74, 6) is -0.213. The van der Waals surface area contributed by atoms with Crippen molar-refractivity contribution in [1.82, 2.24) is 0 Å². The lowest BCUT2D eigenvalue weighted by molar-refractivity contribution is -0.140. The van der Waals surface area contributed by atoms with Crippen molar-refractivity contribution in [2.45, 2.75) is 90.2 Å². The van der Waals surface area contributed by atoms with E-state index in [-0.39, 0.29) is 29.3 Å². The van der Waals surface area contributed by atoms with Crippen LogP contribution in [-0.4, -0.2) is 38.3 Å². The zero-order chi connectivity index (χ0) is 20.3. The third-order valence-corrected chi connectivity index (χ3v) is 9.66. The molecule has 0 heterocycles. The quantitative estimate of drug-likeness (QED) is 0.386. The summed E-state index contributed by atoms with van der Waals surface area (Å²) < 4.78 is 31.4. The van der Waals surface area contributed by atoms with Gasteiger partial charge in [-0.2, -0.15) is 0 Å². The lowest BCUT2D eigenvalue weighted by Gasteiger charge is -2.37. The van der Waals surface area contributed by atoms with Gasteiger partial charge in [0.25, 0.3) is 0 Å². The number of sulfone groups is 1.